The molecule has 694 valence electrons. The van der Waals surface area contributed by atoms with Gasteiger partial charge in [0, 0.05) is 93.7 Å². The number of nitrogens with zero attached hydrogens (tertiary/aromatic N) is 15. The Balaban J connectivity index is 0.000000275. The molecule has 10 aromatic rings. The predicted molar refractivity (Wildman–Crippen MR) is 509 cm³/mol. The molecule has 35 nitrogen and oxygen atoms in total. The molecule has 40 heteroatoms. The highest BCUT2D eigenvalue weighted by Gasteiger charge is 2.39. The number of rotatable bonds is 34. The Hall–Kier alpha value is -11.7. The highest BCUT2D eigenvalue weighted by Crippen LogP contribution is 2.30. The van der Waals surface area contributed by atoms with Gasteiger partial charge in [-0.2, -0.15) is 15.5 Å². The minimum atomic E-state index is -0.602. The number of carbonyl (C=O) groups is 7. The van der Waals surface area contributed by atoms with Gasteiger partial charge in [-0.05, 0) is 160 Å². The van der Waals surface area contributed by atoms with Gasteiger partial charge in [0.15, 0.2) is 16.8 Å². The maximum absolute atomic E-state index is 12.5. The zero-order valence-corrected chi connectivity index (χ0v) is 78.1. The minimum Gasteiger partial charge on any atom is -0.497 e. The molecular formula is C89H118Cl5N25O10. The molecule has 0 saturated heterocycles. The molecule has 0 saturated carbocycles. The molecule has 0 radical (unpaired) electrons. The number of unbranched alkanes of at least 4 members (excludes halogenated alkanes) is 5. The number of ether oxygens (including phenoxy) is 3. The Morgan fingerprint density at radius 1 is 0.504 bits per heavy atom. The topological polar surface area (TPSA) is 512 Å². The van der Waals surface area contributed by atoms with Crippen molar-refractivity contribution in [3.63, 3.8) is 0 Å². The summed E-state index contributed by atoms with van der Waals surface area (Å²) in [4.78, 5) is 127. The number of methoxy groups -OCH3 is 2. The summed E-state index contributed by atoms with van der Waals surface area (Å²) < 4.78 is 18.6. The molecule has 129 heavy (non-hydrogen) atoms. The summed E-state index contributed by atoms with van der Waals surface area (Å²) in [5.74, 6) is 2.10. The zero-order valence-electron chi connectivity index (χ0n) is 74.2. The molecule has 9 heterocycles. The largest absolute Gasteiger partial charge is 0.497 e. The van der Waals surface area contributed by atoms with Gasteiger partial charge in [0.05, 0.1) is 82.0 Å². The summed E-state index contributed by atoms with van der Waals surface area (Å²) in [6.07, 6.45) is 19.4. The second-order valence-electron chi connectivity index (χ2n) is 30.5. The van der Waals surface area contributed by atoms with E-state index >= 15 is 0 Å². The predicted octanol–water partition coefficient (Wildman–Crippen LogP) is 16.8. The Morgan fingerprint density at radius 2 is 0.899 bits per heavy atom. The second kappa shape index (κ2) is 55.9. The van der Waals surface area contributed by atoms with Crippen LogP contribution in [0.4, 0.5) is 28.3 Å². The number of nitrogen functional groups attached to an aromatic ring is 1. The number of hydrogen-bond donors (Lipinski definition) is 10. The summed E-state index contributed by atoms with van der Waals surface area (Å²) in [5.41, 5.74) is 42.6. The molecule has 0 bridgehead atoms. The number of hydrogen-bond acceptors (Lipinski definition) is 29. The van der Waals surface area contributed by atoms with Gasteiger partial charge in [-0.3, -0.25) is 58.4 Å². The first-order valence-corrected chi connectivity index (χ1v) is 43.3. The Morgan fingerprint density at radius 3 is 1.29 bits per heavy atom. The number of nitrogens with one attached hydrogen (secondary N) is 5. The molecule has 5 unspecified atom stereocenters. The molecular weight excluding hydrogens is 1760 g/mol. The van der Waals surface area contributed by atoms with E-state index in [1.165, 1.54) is 14.7 Å². The lowest BCUT2D eigenvalue weighted by Crippen LogP contribution is -2.47. The number of nitrogens with two attached hydrogens (primary N) is 5. The lowest BCUT2D eigenvalue weighted by atomic mass is 10.1. The monoisotopic (exact) mass is 1870 g/mol. The van der Waals surface area contributed by atoms with Crippen molar-refractivity contribution >= 4 is 158 Å². The standard InChI is InChI=1S/C22H30N6O2.C19H26N2O4.2C14H18N2O2.C13H20N6.C7H3Cl2N3.ClHN4.2ClH/c1-4-5-7-16(13-23)26-21-20-18(8-6-11-24-20)27-22(28-21)25-14-15-9-10-17(29-2)12-19(15)30-3;1-5-6-9-13(20-18(24)25-19(2,3)4)12-21-16(22)14-10-7-8-11-15(14)17(21)23;2*1-2-3-6-10(15)9-16-13(17)11-7-4-5-8-12(11)14(16)18;1-2-3-5-9(8-14)17-12-11-10(6-4-7-16-11)18-13(15)19-12;8-6-5-4(2-1-3-10-5)11-7(9)12-6;1-3-5-4-2;;/h6,8-12,16H,4-5,7,13-14,23H2,1-3H3,(H2,25,26,27,28);7-8,10-11,13H,5-6,9,12H2,1-4H3,(H,20,24);2*4-5,7-8,10H,2-3,6,9,15H2,1H3;4,6-7,9H,2-3,5,8,14H2,1H3,(H3,15,17,18,19);1-3H;2H;2*1H. The molecule has 15 N–H and O–H groups in total. The van der Waals surface area contributed by atoms with Crippen LogP contribution in [0.2, 0.25) is 10.4 Å². The highest BCUT2D eigenvalue weighted by atomic mass is 35.5. The molecule has 7 amide bonds. The molecule has 13 rings (SSSR count). The first kappa shape index (κ1) is 108. The Labute approximate surface area is 779 Å². The summed E-state index contributed by atoms with van der Waals surface area (Å²) in [6, 6.07) is 37.1. The average Bonchev–Trinajstić information content (AvgIpc) is 1.63. The quantitative estimate of drug-likeness (QED) is 0.00589. The van der Waals surface area contributed by atoms with Crippen LogP contribution in [0.15, 0.2) is 161 Å². The van der Waals surface area contributed by atoms with Crippen LogP contribution in [0.1, 0.15) is 219 Å². The number of halogens is 5. The normalized spacial score (nSPS) is 13.3. The molecule has 4 aromatic carbocycles. The van der Waals surface area contributed by atoms with Crippen LogP contribution in [-0.2, 0) is 11.3 Å². The number of benzene rings is 4. The molecule has 3 aliphatic rings. The van der Waals surface area contributed by atoms with Crippen LogP contribution >= 0.6 is 59.8 Å². The SMILES string of the molecule is CCCCC(CN)Nc1nc(N)nc2cccnc12.CCCCC(CN)Nc1nc(NCc2ccc(OC)cc2OC)nc2cccnc12.CCCCC(CN1C(=O)c2ccccc2C1=O)NC(=O)OC(C)(C)C.CCCCC(N)CN1C(=O)c2ccccc2C1=O.CCCCC(N)CN1C(=O)c2ccccc2C1=O.Cl.Cl.Clc1nc(Cl)c2ncccc2n1.N=NN=NCl. The molecule has 6 aromatic heterocycles. The number of aromatic nitrogens is 9. The van der Waals surface area contributed by atoms with Gasteiger partial charge in [0.2, 0.25) is 17.2 Å². The van der Waals surface area contributed by atoms with Gasteiger partial charge in [0.1, 0.15) is 33.7 Å². The zero-order chi connectivity index (χ0) is 92.5. The van der Waals surface area contributed by atoms with Gasteiger partial charge in [-0.15, -0.1) is 24.8 Å². The van der Waals surface area contributed by atoms with Crippen LogP contribution in [0, 0.1) is 5.53 Å². The lowest BCUT2D eigenvalue weighted by Gasteiger charge is -2.26. The van der Waals surface area contributed by atoms with E-state index in [0.29, 0.717) is 101 Å². The molecule has 0 aliphatic carbocycles. The van der Waals surface area contributed by atoms with Crippen molar-refractivity contribution in [1.82, 2.24) is 64.9 Å². The summed E-state index contributed by atoms with van der Waals surface area (Å²) in [6.45, 7) is 18.3. The van der Waals surface area contributed by atoms with Crippen LogP contribution in [0.3, 0.4) is 0 Å². The highest BCUT2D eigenvalue weighted by molar-refractivity contribution is 6.35. The van der Waals surface area contributed by atoms with E-state index in [0.717, 1.165) is 129 Å². The fourth-order valence-electron chi connectivity index (χ4n) is 13.3. The van der Waals surface area contributed by atoms with Crippen molar-refractivity contribution in [2.45, 2.75) is 194 Å². The van der Waals surface area contributed by atoms with Crippen LogP contribution < -0.4 is 59.4 Å². The third kappa shape index (κ3) is 32.8. The average molecular weight is 1880 g/mol. The number of pyridine rings is 3. The van der Waals surface area contributed by atoms with E-state index in [4.69, 9.17) is 71.6 Å². The smallest absolute Gasteiger partial charge is 0.407 e. The molecule has 3 aliphatic heterocycles. The van der Waals surface area contributed by atoms with Crippen molar-refractivity contribution < 1.29 is 47.8 Å². The van der Waals surface area contributed by atoms with Crippen LogP contribution in [0.25, 0.3) is 33.1 Å². The second-order valence-corrected chi connectivity index (χ2v) is 31.4. The molecule has 0 spiro atoms. The van der Waals surface area contributed by atoms with Gasteiger partial charge in [0.25, 0.3) is 35.4 Å². The van der Waals surface area contributed by atoms with Gasteiger partial charge < -0.3 is 64.1 Å². The maximum Gasteiger partial charge on any atom is 0.407 e. The van der Waals surface area contributed by atoms with E-state index in [1.807, 2.05) is 49.4 Å². The summed E-state index contributed by atoms with van der Waals surface area (Å²) in [5, 5.41) is 18.4. The van der Waals surface area contributed by atoms with Gasteiger partial charge in [-0.25, -0.2) is 24.7 Å². The van der Waals surface area contributed by atoms with Crippen LogP contribution in [0.5, 0.6) is 11.5 Å². The van der Waals surface area contributed by atoms with E-state index in [-0.39, 0.29) is 113 Å². The van der Waals surface area contributed by atoms with E-state index in [1.54, 1.807) is 139 Å². The van der Waals surface area contributed by atoms with Gasteiger partial charge in [-0.1, -0.05) is 151 Å². The fourth-order valence-corrected chi connectivity index (χ4v) is 13.7. The van der Waals surface area contributed by atoms with E-state index in [2.05, 4.69) is 121 Å². The van der Waals surface area contributed by atoms with Crippen molar-refractivity contribution in [2.75, 3.05) is 68.6 Å². The lowest BCUT2D eigenvalue weighted by molar-refractivity contribution is 0.0463. The Kier molecular flexibility index (Phi) is 46.8. The van der Waals surface area contributed by atoms with Crippen molar-refractivity contribution in [2.24, 2.45) is 38.0 Å². The first-order valence-electron chi connectivity index (χ1n) is 42.2. The Bertz CT molecular complexity index is 5140. The van der Waals surface area contributed by atoms with Crippen molar-refractivity contribution in [1.29, 1.82) is 5.53 Å². The number of alkyl carbamates (subject to hydrolysis) is 1. The van der Waals surface area contributed by atoms with Gasteiger partial charge >= 0.3 is 6.09 Å². The molecule has 5 atom stereocenters. The summed E-state index contributed by atoms with van der Waals surface area (Å²) in [7, 11) is 3.27. The number of imide groups is 3. The summed E-state index contributed by atoms with van der Waals surface area (Å²) >= 11 is 15.9. The third-order valence-electron chi connectivity index (χ3n) is 19.7. The number of carbonyl (C=O) groups excluding carboxylic acids is 7. The minimum absolute atomic E-state index is 0. The van der Waals surface area contributed by atoms with Crippen LogP contribution in [-0.4, -0.2) is 184 Å². The van der Waals surface area contributed by atoms with E-state index < -0.39 is 11.7 Å². The molecule has 0 fully saturated rings. The van der Waals surface area contributed by atoms with Crippen molar-refractivity contribution in [3.05, 3.63) is 195 Å². The first-order chi connectivity index (χ1) is 61.1. The number of fused-ring (bicyclic) bond motifs is 6. The van der Waals surface area contributed by atoms with Crippen molar-refractivity contribution in [3.8, 4) is 11.5 Å². The van der Waals surface area contributed by atoms with E-state index in [9.17, 15) is 33.6 Å². The third-order valence-corrected chi connectivity index (χ3v) is 20.2. The number of amides is 7. The fraction of sp³-hybridized carbons (Fsp3) is 0.416. The number of anilines is 4. The maximum atomic E-state index is 12.5.